The van der Waals surface area contributed by atoms with Gasteiger partial charge in [0.05, 0.1) is 11.1 Å². The lowest BCUT2D eigenvalue weighted by atomic mass is 10.3. The van der Waals surface area contributed by atoms with E-state index in [1.165, 1.54) is 30.7 Å². The molecule has 2 N–H and O–H groups in total. The molecule has 2 aromatic heterocycles. The van der Waals surface area contributed by atoms with Crippen LogP contribution < -0.4 is 5.32 Å². The normalized spacial score (nSPS) is 9.90. The van der Waals surface area contributed by atoms with E-state index in [9.17, 15) is 4.79 Å². The second-order valence-corrected chi connectivity index (χ2v) is 4.59. The van der Waals surface area contributed by atoms with E-state index < -0.39 is 5.91 Å². The maximum Gasteiger partial charge on any atom is 0.279 e. The van der Waals surface area contributed by atoms with E-state index in [-0.39, 0.29) is 18.9 Å². The summed E-state index contributed by atoms with van der Waals surface area (Å²) in [6, 6.07) is 1.50. The van der Waals surface area contributed by atoms with Gasteiger partial charge in [-0.05, 0) is 0 Å². The third-order valence-electron chi connectivity index (χ3n) is 2.09. The van der Waals surface area contributed by atoms with Gasteiger partial charge in [0.15, 0.2) is 16.6 Å². The molecule has 0 aliphatic rings. The molecule has 8 heteroatoms. The first kappa shape index (κ1) is 14.2. The Labute approximate surface area is 118 Å². The first-order valence-corrected chi connectivity index (χ1v) is 6.36. The summed E-state index contributed by atoms with van der Waals surface area (Å²) in [6.45, 7) is 0.0270. The molecular formula is C12H11N3O4S. The van der Waals surface area contributed by atoms with Crippen LogP contribution in [0.2, 0.25) is 0 Å². The summed E-state index contributed by atoms with van der Waals surface area (Å²) in [6.07, 6.45) is 1.52. The van der Waals surface area contributed by atoms with Crippen molar-refractivity contribution in [3.8, 4) is 11.8 Å². The summed E-state index contributed by atoms with van der Waals surface area (Å²) < 4.78 is 9.79. The Kier molecular flexibility index (Phi) is 4.84. The minimum atomic E-state index is -0.424. The molecule has 0 aromatic carbocycles. The Bertz CT molecular complexity index is 653. The second-order valence-electron chi connectivity index (χ2n) is 3.56. The number of aliphatic hydroxyl groups is 1. The van der Waals surface area contributed by atoms with Crippen LogP contribution in [-0.4, -0.2) is 34.9 Å². The van der Waals surface area contributed by atoms with E-state index in [4.69, 9.17) is 14.4 Å². The predicted octanol–water partition coefficient (Wildman–Crippen LogP) is 0.874. The lowest BCUT2D eigenvalue weighted by Gasteiger charge is -1.95. The van der Waals surface area contributed by atoms with Crippen molar-refractivity contribution in [2.45, 2.75) is 6.61 Å². The van der Waals surface area contributed by atoms with Crippen molar-refractivity contribution >= 4 is 22.4 Å². The highest BCUT2D eigenvalue weighted by molar-refractivity contribution is 7.16. The molecule has 0 bridgehead atoms. The van der Waals surface area contributed by atoms with Gasteiger partial charge in [-0.15, -0.1) is 0 Å². The Morgan fingerprint density at radius 3 is 3.25 bits per heavy atom. The van der Waals surface area contributed by atoms with Crippen molar-refractivity contribution in [2.75, 3.05) is 19.0 Å². The van der Waals surface area contributed by atoms with Crippen molar-refractivity contribution in [3.05, 3.63) is 28.6 Å². The van der Waals surface area contributed by atoms with Crippen LogP contribution in [-0.2, 0) is 11.3 Å². The Hall–Kier alpha value is -2.21. The number of rotatable bonds is 4. The van der Waals surface area contributed by atoms with Crippen LogP contribution in [0.4, 0.5) is 5.13 Å². The van der Waals surface area contributed by atoms with Crippen LogP contribution in [0.15, 0.2) is 16.8 Å². The molecule has 2 rings (SSSR count). The van der Waals surface area contributed by atoms with Gasteiger partial charge in [-0.25, -0.2) is 4.98 Å². The zero-order chi connectivity index (χ0) is 14.4. The van der Waals surface area contributed by atoms with Crippen molar-refractivity contribution in [2.24, 2.45) is 0 Å². The molecule has 0 radical (unpaired) electrons. The number of hydrogen-bond acceptors (Lipinski definition) is 7. The number of amides is 1. The van der Waals surface area contributed by atoms with Gasteiger partial charge in [-0.2, -0.15) is 0 Å². The van der Waals surface area contributed by atoms with Gasteiger partial charge in [0.2, 0.25) is 0 Å². The minimum Gasteiger partial charge on any atom is -0.384 e. The van der Waals surface area contributed by atoms with Crippen LogP contribution >= 0.6 is 11.3 Å². The molecule has 0 spiro atoms. The van der Waals surface area contributed by atoms with Crippen LogP contribution in [0.3, 0.4) is 0 Å². The number of methoxy groups -OCH3 is 1. The van der Waals surface area contributed by atoms with Crippen LogP contribution in [0.5, 0.6) is 0 Å². The van der Waals surface area contributed by atoms with Crippen molar-refractivity contribution in [1.29, 1.82) is 0 Å². The highest BCUT2D eigenvalue weighted by atomic mass is 32.1. The highest BCUT2D eigenvalue weighted by Crippen LogP contribution is 2.18. The van der Waals surface area contributed by atoms with E-state index in [2.05, 4.69) is 27.3 Å². The SMILES string of the molecule is COCc1cc(C(=O)Nc2ncc(C#CCO)s2)no1. The fraction of sp³-hybridized carbons (Fsp3) is 0.250. The van der Waals surface area contributed by atoms with Gasteiger partial charge in [0, 0.05) is 13.2 Å². The molecule has 2 heterocycles. The highest BCUT2D eigenvalue weighted by Gasteiger charge is 2.14. The number of aliphatic hydroxyl groups excluding tert-OH is 1. The molecule has 20 heavy (non-hydrogen) atoms. The Morgan fingerprint density at radius 2 is 2.50 bits per heavy atom. The summed E-state index contributed by atoms with van der Waals surface area (Å²) in [5, 5.41) is 15.2. The lowest BCUT2D eigenvalue weighted by molar-refractivity contribution is 0.101. The standard InChI is InChI=1S/C12H11N3O4S/c1-18-7-8-5-10(15-19-8)11(17)14-12-13-6-9(20-12)3-2-4-16/h5-6,16H,4,7H2,1H3,(H,13,14,17). The van der Waals surface area contributed by atoms with E-state index in [0.29, 0.717) is 15.8 Å². The quantitative estimate of drug-likeness (QED) is 0.812. The molecule has 1 amide bonds. The number of carbonyl (C=O) groups excluding carboxylic acids is 1. The fourth-order valence-electron chi connectivity index (χ4n) is 1.31. The number of thiazole rings is 1. The van der Waals surface area contributed by atoms with Crippen LogP contribution in [0.25, 0.3) is 0 Å². The number of nitrogens with zero attached hydrogens (tertiary/aromatic N) is 2. The smallest absolute Gasteiger partial charge is 0.279 e. The van der Waals surface area contributed by atoms with E-state index in [1.54, 1.807) is 0 Å². The molecule has 0 unspecified atom stereocenters. The third kappa shape index (κ3) is 3.64. The number of carbonyl (C=O) groups is 1. The molecule has 0 atom stereocenters. The van der Waals surface area contributed by atoms with Gasteiger partial charge in [-0.3, -0.25) is 10.1 Å². The van der Waals surface area contributed by atoms with Gasteiger partial charge in [0.1, 0.15) is 13.2 Å². The van der Waals surface area contributed by atoms with Gasteiger partial charge in [-0.1, -0.05) is 28.3 Å². The number of hydrogen-bond donors (Lipinski definition) is 2. The summed E-state index contributed by atoms with van der Waals surface area (Å²) in [4.78, 5) is 16.5. The molecule has 0 saturated carbocycles. The monoisotopic (exact) mass is 293 g/mol. The number of anilines is 1. The largest absolute Gasteiger partial charge is 0.384 e. The topological polar surface area (TPSA) is 97.5 Å². The maximum absolute atomic E-state index is 11.9. The molecule has 0 aliphatic carbocycles. The Balaban J connectivity index is 2.01. The summed E-state index contributed by atoms with van der Waals surface area (Å²) >= 11 is 1.20. The first-order chi connectivity index (χ1) is 9.72. The average molecular weight is 293 g/mol. The van der Waals surface area contributed by atoms with E-state index >= 15 is 0 Å². The van der Waals surface area contributed by atoms with Crippen molar-refractivity contribution < 1.29 is 19.2 Å². The van der Waals surface area contributed by atoms with Gasteiger partial charge >= 0.3 is 0 Å². The molecule has 104 valence electrons. The number of nitrogens with one attached hydrogen (secondary N) is 1. The maximum atomic E-state index is 11.9. The molecule has 0 saturated heterocycles. The van der Waals surface area contributed by atoms with E-state index in [0.717, 1.165) is 0 Å². The zero-order valence-electron chi connectivity index (χ0n) is 10.5. The first-order valence-electron chi connectivity index (χ1n) is 5.54. The van der Waals surface area contributed by atoms with Crippen molar-refractivity contribution in [1.82, 2.24) is 10.1 Å². The lowest BCUT2D eigenvalue weighted by Crippen LogP contribution is -2.11. The third-order valence-corrected chi connectivity index (χ3v) is 2.92. The molecular weight excluding hydrogens is 282 g/mol. The average Bonchev–Trinajstić information content (AvgIpc) is 3.06. The van der Waals surface area contributed by atoms with E-state index in [1.807, 2.05) is 0 Å². The van der Waals surface area contributed by atoms with Crippen LogP contribution in [0, 0.1) is 11.8 Å². The van der Waals surface area contributed by atoms with Gasteiger partial charge < -0.3 is 14.4 Å². The minimum absolute atomic E-state index is 0.148. The summed E-state index contributed by atoms with van der Waals surface area (Å²) in [5.41, 5.74) is 0.148. The molecule has 7 nitrogen and oxygen atoms in total. The predicted molar refractivity (Wildman–Crippen MR) is 71.2 cm³/mol. The zero-order valence-corrected chi connectivity index (χ0v) is 11.4. The van der Waals surface area contributed by atoms with Crippen LogP contribution in [0.1, 0.15) is 21.1 Å². The number of ether oxygens (including phenoxy) is 1. The second kappa shape index (κ2) is 6.81. The fourth-order valence-corrected chi connectivity index (χ4v) is 1.99. The molecule has 0 aliphatic heterocycles. The molecule has 0 fully saturated rings. The van der Waals surface area contributed by atoms with Crippen molar-refractivity contribution in [3.63, 3.8) is 0 Å². The Morgan fingerprint density at radius 1 is 1.65 bits per heavy atom. The summed E-state index contributed by atoms with van der Waals surface area (Å²) in [5.74, 6) is 5.25. The van der Waals surface area contributed by atoms with Gasteiger partial charge in [0.25, 0.3) is 5.91 Å². The molecule has 2 aromatic rings. The number of aromatic nitrogens is 2. The summed E-state index contributed by atoms with van der Waals surface area (Å²) in [7, 11) is 1.52.